The molecule has 1 aliphatic rings. The Morgan fingerprint density at radius 3 is 2.94 bits per heavy atom. The summed E-state index contributed by atoms with van der Waals surface area (Å²) in [6.07, 6.45) is 4.36. The number of hydrogen-bond acceptors (Lipinski definition) is 6. The molecule has 0 aliphatic carbocycles. The van der Waals surface area contributed by atoms with E-state index in [2.05, 4.69) is 14.7 Å². The second-order valence-electron chi connectivity index (χ2n) is 3.99. The number of carbonyl (C=O) groups is 1. The largest absolute Gasteiger partial charge is 0.464 e. The van der Waals surface area contributed by atoms with Gasteiger partial charge in [0, 0.05) is 13.1 Å². The Bertz CT molecular complexity index is 393. The van der Waals surface area contributed by atoms with Crippen molar-refractivity contribution in [2.24, 2.45) is 0 Å². The third-order valence-corrected chi connectivity index (χ3v) is 2.75. The molecular formula is C11H15N3O3. The normalized spacial score (nSPS) is 20.1. The topological polar surface area (TPSA) is 75.5 Å². The van der Waals surface area contributed by atoms with E-state index in [-0.39, 0.29) is 11.8 Å². The summed E-state index contributed by atoms with van der Waals surface area (Å²) in [7, 11) is 1.30. The highest BCUT2D eigenvalue weighted by Gasteiger charge is 2.19. The molecule has 1 saturated heterocycles. The predicted molar refractivity (Wildman–Crippen MR) is 60.8 cm³/mol. The van der Waals surface area contributed by atoms with Crippen molar-refractivity contribution in [1.29, 1.82) is 0 Å². The Morgan fingerprint density at radius 2 is 2.35 bits per heavy atom. The van der Waals surface area contributed by atoms with Crippen molar-refractivity contribution in [3.8, 4) is 0 Å². The number of ether oxygens (including phenoxy) is 1. The highest BCUT2D eigenvalue weighted by atomic mass is 16.5. The van der Waals surface area contributed by atoms with Crippen molar-refractivity contribution >= 4 is 11.8 Å². The van der Waals surface area contributed by atoms with Crippen LogP contribution in [0, 0.1) is 0 Å². The Labute approximate surface area is 99.2 Å². The molecule has 6 nitrogen and oxygen atoms in total. The fourth-order valence-corrected chi connectivity index (χ4v) is 1.86. The summed E-state index contributed by atoms with van der Waals surface area (Å²) in [6, 6.07) is 0. The zero-order chi connectivity index (χ0) is 12.3. The minimum absolute atomic E-state index is 0.189. The predicted octanol–water partition coefficient (Wildman–Crippen LogP) is 0.224. The molecule has 1 unspecified atom stereocenters. The van der Waals surface area contributed by atoms with Crippen LogP contribution in [0.25, 0.3) is 0 Å². The van der Waals surface area contributed by atoms with Crippen LogP contribution in [0.4, 0.5) is 5.82 Å². The van der Waals surface area contributed by atoms with E-state index < -0.39 is 5.97 Å². The molecule has 0 radical (unpaired) electrons. The molecule has 1 aromatic rings. The van der Waals surface area contributed by atoms with Gasteiger partial charge in [-0.15, -0.1) is 0 Å². The number of piperidine rings is 1. The number of rotatable bonds is 2. The molecule has 0 saturated carbocycles. The van der Waals surface area contributed by atoms with Crippen LogP contribution in [0.1, 0.15) is 23.3 Å². The van der Waals surface area contributed by atoms with Gasteiger partial charge >= 0.3 is 5.97 Å². The molecule has 2 rings (SSSR count). The molecule has 6 heteroatoms. The molecule has 1 atom stereocenters. The number of aliphatic hydroxyl groups excluding tert-OH is 1. The zero-order valence-electron chi connectivity index (χ0n) is 9.67. The molecule has 0 spiro atoms. The smallest absolute Gasteiger partial charge is 0.358 e. The number of carbonyl (C=O) groups excluding carboxylic acids is 1. The lowest BCUT2D eigenvalue weighted by Gasteiger charge is -2.30. The van der Waals surface area contributed by atoms with Gasteiger partial charge in [-0.25, -0.2) is 14.8 Å². The number of methoxy groups -OCH3 is 1. The van der Waals surface area contributed by atoms with E-state index >= 15 is 0 Å². The molecule has 0 aromatic carbocycles. The maximum atomic E-state index is 11.2. The van der Waals surface area contributed by atoms with Gasteiger partial charge < -0.3 is 14.7 Å². The number of aromatic nitrogens is 2. The average Bonchev–Trinajstić information content (AvgIpc) is 2.38. The van der Waals surface area contributed by atoms with Crippen LogP contribution in [0.2, 0.25) is 0 Å². The summed E-state index contributed by atoms with van der Waals surface area (Å²) < 4.78 is 4.54. The van der Waals surface area contributed by atoms with Crippen LogP contribution in [-0.4, -0.2) is 47.3 Å². The van der Waals surface area contributed by atoms with E-state index in [4.69, 9.17) is 0 Å². The highest BCUT2D eigenvalue weighted by Crippen LogP contribution is 2.16. The first-order valence-electron chi connectivity index (χ1n) is 5.54. The van der Waals surface area contributed by atoms with Gasteiger partial charge in [0.05, 0.1) is 25.6 Å². The van der Waals surface area contributed by atoms with Crippen LogP contribution in [0.15, 0.2) is 12.4 Å². The second kappa shape index (κ2) is 5.09. The van der Waals surface area contributed by atoms with Crippen molar-refractivity contribution in [2.75, 3.05) is 25.1 Å². The summed E-state index contributed by atoms with van der Waals surface area (Å²) in [5.74, 6) is 0.180. The molecule has 1 fully saturated rings. The number of β-amino-alcohol motifs (C(OH)–C–C–N with tert-alkyl or cyclic N) is 1. The first kappa shape index (κ1) is 11.8. The first-order valence-corrected chi connectivity index (χ1v) is 5.54. The molecule has 2 heterocycles. The Hall–Kier alpha value is -1.69. The number of anilines is 1. The molecule has 92 valence electrons. The summed E-state index contributed by atoms with van der Waals surface area (Å²) in [5.41, 5.74) is 0.189. The van der Waals surface area contributed by atoms with Crippen molar-refractivity contribution in [3.63, 3.8) is 0 Å². The minimum atomic E-state index is -0.497. The lowest BCUT2D eigenvalue weighted by molar-refractivity contribution is 0.0593. The number of nitrogens with zero attached hydrogens (tertiary/aromatic N) is 3. The molecular weight excluding hydrogens is 222 g/mol. The molecule has 17 heavy (non-hydrogen) atoms. The summed E-state index contributed by atoms with van der Waals surface area (Å²) in [4.78, 5) is 21.3. The standard InChI is InChI=1S/C11H15N3O3/c1-17-11(16)9-5-13-10(6-12-9)14-4-2-3-8(15)7-14/h5-6,8,15H,2-4,7H2,1H3. The van der Waals surface area contributed by atoms with E-state index in [1.54, 1.807) is 0 Å². The summed E-state index contributed by atoms with van der Waals surface area (Å²) in [5, 5.41) is 9.56. The van der Waals surface area contributed by atoms with E-state index in [1.807, 2.05) is 4.90 Å². The van der Waals surface area contributed by atoms with Crippen molar-refractivity contribution < 1.29 is 14.6 Å². The van der Waals surface area contributed by atoms with E-state index in [0.29, 0.717) is 12.4 Å². The van der Waals surface area contributed by atoms with Crippen LogP contribution < -0.4 is 4.90 Å². The van der Waals surface area contributed by atoms with Gasteiger partial charge in [-0.2, -0.15) is 0 Å². The number of hydrogen-bond donors (Lipinski definition) is 1. The van der Waals surface area contributed by atoms with Crippen LogP contribution in [0.5, 0.6) is 0 Å². The van der Waals surface area contributed by atoms with Crippen molar-refractivity contribution in [1.82, 2.24) is 9.97 Å². The first-order chi connectivity index (χ1) is 8.20. The monoisotopic (exact) mass is 237 g/mol. The Kier molecular flexibility index (Phi) is 3.53. The molecule has 0 amide bonds. The third-order valence-electron chi connectivity index (χ3n) is 2.75. The lowest BCUT2D eigenvalue weighted by Crippen LogP contribution is -2.38. The lowest BCUT2D eigenvalue weighted by atomic mass is 10.1. The molecule has 1 aromatic heterocycles. The van der Waals surface area contributed by atoms with E-state index in [9.17, 15) is 9.90 Å². The van der Waals surface area contributed by atoms with Crippen molar-refractivity contribution in [2.45, 2.75) is 18.9 Å². The van der Waals surface area contributed by atoms with E-state index in [0.717, 1.165) is 19.4 Å². The number of esters is 1. The van der Waals surface area contributed by atoms with E-state index in [1.165, 1.54) is 19.5 Å². The van der Waals surface area contributed by atoms with Gasteiger partial charge in [-0.3, -0.25) is 0 Å². The maximum absolute atomic E-state index is 11.2. The van der Waals surface area contributed by atoms with Crippen LogP contribution in [-0.2, 0) is 4.74 Å². The van der Waals surface area contributed by atoms with Gasteiger partial charge in [0.15, 0.2) is 5.69 Å². The summed E-state index contributed by atoms with van der Waals surface area (Å²) in [6.45, 7) is 1.41. The van der Waals surface area contributed by atoms with Gasteiger partial charge in [0.2, 0.25) is 0 Å². The highest BCUT2D eigenvalue weighted by molar-refractivity contribution is 5.86. The number of aliphatic hydroxyl groups is 1. The zero-order valence-corrected chi connectivity index (χ0v) is 9.67. The van der Waals surface area contributed by atoms with Gasteiger partial charge in [0.1, 0.15) is 5.82 Å². The van der Waals surface area contributed by atoms with Crippen LogP contribution >= 0.6 is 0 Å². The summed E-state index contributed by atoms with van der Waals surface area (Å²) >= 11 is 0. The van der Waals surface area contributed by atoms with Crippen molar-refractivity contribution in [3.05, 3.63) is 18.1 Å². The van der Waals surface area contributed by atoms with Gasteiger partial charge in [-0.05, 0) is 12.8 Å². The second-order valence-corrected chi connectivity index (χ2v) is 3.99. The van der Waals surface area contributed by atoms with Gasteiger partial charge in [0.25, 0.3) is 0 Å². The molecule has 1 aliphatic heterocycles. The Morgan fingerprint density at radius 1 is 1.53 bits per heavy atom. The third kappa shape index (κ3) is 2.71. The average molecular weight is 237 g/mol. The fourth-order valence-electron chi connectivity index (χ4n) is 1.86. The SMILES string of the molecule is COC(=O)c1cnc(N2CCCC(O)C2)cn1. The molecule has 0 bridgehead atoms. The van der Waals surface area contributed by atoms with Gasteiger partial charge in [-0.1, -0.05) is 0 Å². The maximum Gasteiger partial charge on any atom is 0.358 e. The quantitative estimate of drug-likeness (QED) is 0.742. The minimum Gasteiger partial charge on any atom is -0.464 e. The molecule has 1 N–H and O–H groups in total. The fraction of sp³-hybridized carbons (Fsp3) is 0.545. The van der Waals surface area contributed by atoms with Crippen LogP contribution in [0.3, 0.4) is 0 Å². The Balaban J connectivity index is 2.09.